The molecule has 1 atom stereocenters. The summed E-state index contributed by atoms with van der Waals surface area (Å²) in [6.45, 7) is 0.381. The van der Waals surface area contributed by atoms with E-state index < -0.39 is 5.25 Å². The normalized spacial score (nSPS) is 17.2. The van der Waals surface area contributed by atoms with Gasteiger partial charge in [-0.3, -0.25) is 14.5 Å². The fourth-order valence-electron chi connectivity index (χ4n) is 3.10. The third-order valence-corrected chi connectivity index (χ3v) is 5.97. The fraction of sp³-hybridized carbons (Fsp3) is 0.318. The molecule has 2 aromatic carbocycles. The van der Waals surface area contributed by atoms with Gasteiger partial charge in [-0.25, -0.2) is 9.38 Å². The predicted molar refractivity (Wildman–Crippen MR) is 119 cm³/mol. The lowest BCUT2D eigenvalue weighted by molar-refractivity contribution is -0.129. The third-order valence-electron chi connectivity index (χ3n) is 4.79. The molecule has 0 bridgehead atoms. The minimum absolute atomic E-state index is 0.0648. The molecule has 2 amide bonds. The first kappa shape index (κ1) is 22.6. The van der Waals surface area contributed by atoms with Crippen LogP contribution in [-0.2, 0) is 16.0 Å². The topological polar surface area (TPSA) is 80.2 Å². The molecule has 0 radical (unpaired) electrons. The summed E-state index contributed by atoms with van der Waals surface area (Å²) in [5.41, 5.74) is 1.50. The maximum atomic E-state index is 13.2. The molecule has 7 nitrogen and oxygen atoms in total. The summed E-state index contributed by atoms with van der Waals surface area (Å²) in [5.74, 6) is 0.494. The van der Waals surface area contributed by atoms with E-state index in [-0.39, 0.29) is 24.1 Å². The number of ether oxygens (including phenoxy) is 2. The van der Waals surface area contributed by atoms with Gasteiger partial charge in [0, 0.05) is 20.0 Å². The van der Waals surface area contributed by atoms with E-state index in [1.165, 1.54) is 30.9 Å². The SMILES string of the molecule is CNC(=O)C[C@@H]1SC(=Nc2ccc(F)cc2)N(CCc2ccc(OC)c(OC)c2)C1=O. The number of rotatable bonds is 8. The summed E-state index contributed by atoms with van der Waals surface area (Å²) in [6.07, 6.45) is 0.622. The number of hydrogen-bond acceptors (Lipinski definition) is 6. The van der Waals surface area contributed by atoms with Gasteiger partial charge in [0.25, 0.3) is 0 Å². The summed E-state index contributed by atoms with van der Waals surface area (Å²) in [5, 5.41) is 2.49. The highest BCUT2D eigenvalue weighted by molar-refractivity contribution is 8.15. The van der Waals surface area contributed by atoms with Gasteiger partial charge in [-0.1, -0.05) is 17.8 Å². The Balaban J connectivity index is 1.82. The van der Waals surface area contributed by atoms with Crippen molar-refractivity contribution in [2.75, 3.05) is 27.8 Å². The van der Waals surface area contributed by atoms with E-state index in [1.54, 1.807) is 31.3 Å². The molecule has 0 saturated carbocycles. The molecular formula is C22H24FN3O4S. The van der Waals surface area contributed by atoms with Gasteiger partial charge in [0.05, 0.1) is 19.9 Å². The first-order valence-electron chi connectivity index (χ1n) is 9.69. The average Bonchev–Trinajstić information content (AvgIpc) is 3.07. The second kappa shape index (κ2) is 10.3. The smallest absolute Gasteiger partial charge is 0.242 e. The van der Waals surface area contributed by atoms with Gasteiger partial charge in [-0.2, -0.15) is 0 Å². The number of amidine groups is 1. The van der Waals surface area contributed by atoms with E-state index in [1.807, 2.05) is 18.2 Å². The highest BCUT2D eigenvalue weighted by Crippen LogP contribution is 2.32. The second-order valence-electron chi connectivity index (χ2n) is 6.78. The van der Waals surface area contributed by atoms with Crippen molar-refractivity contribution in [2.45, 2.75) is 18.1 Å². The maximum Gasteiger partial charge on any atom is 0.242 e. The zero-order valence-corrected chi connectivity index (χ0v) is 18.4. The zero-order valence-electron chi connectivity index (χ0n) is 17.6. The lowest BCUT2D eigenvalue weighted by Crippen LogP contribution is -2.35. The Morgan fingerprint density at radius 1 is 1.16 bits per heavy atom. The van der Waals surface area contributed by atoms with Gasteiger partial charge in [-0.15, -0.1) is 0 Å². The zero-order chi connectivity index (χ0) is 22.4. The first-order valence-corrected chi connectivity index (χ1v) is 10.6. The number of hydrogen-bond donors (Lipinski definition) is 1. The Morgan fingerprint density at radius 2 is 1.87 bits per heavy atom. The Labute approximate surface area is 184 Å². The lowest BCUT2D eigenvalue weighted by atomic mass is 10.1. The molecule has 164 valence electrons. The van der Waals surface area contributed by atoms with Crippen LogP contribution >= 0.6 is 11.8 Å². The molecular weight excluding hydrogens is 421 g/mol. The van der Waals surface area contributed by atoms with E-state index in [0.717, 1.165) is 5.56 Å². The summed E-state index contributed by atoms with van der Waals surface area (Å²) < 4.78 is 23.8. The molecule has 2 aromatic rings. The number of methoxy groups -OCH3 is 2. The monoisotopic (exact) mass is 445 g/mol. The van der Waals surface area contributed by atoms with Crippen LogP contribution in [0, 0.1) is 5.82 Å². The molecule has 1 N–H and O–H groups in total. The Hall–Kier alpha value is -3.07. The van der Waals surface area contributed by atoms with E-state index >= 15 is 0 Å². The molecule has 0 spiro atoms. The van der Waals surface area contributed by atoms with Gasteiger partial charge in [-0.05, 0) is 48.4 Å². The molecule has 1 aliphatic rings. The first-order chi connectivity index (χ1) is 14.9. The number of halogens is 1. The van der Waals surface area contributed by atoms with Gasteiger partial charge < -0.3 is 14.8 Å². The number of benzene rings is 2. The van der Waals surface area contributed by atoms with Crippen LogP contribution in [0.4, 0.5) is 10.1 Å². The van der Waals surface area contributed by atoms with Gasteiger partial charge in [0.2, 0.25) is 11.8 Å². The molecule has 0 unspecified atom stereocenters. The van der Waals surface area contributed by atoms with E-state index in [2.05, 4.69) is 10.3 Å². The third kappa shape index (κ3) is 5.55. The van der Waals surface area contributed by atoms with E-state index in [4.69, 9.17) is 9.47 Å². The molecule has 1 aliphatic heterocycles. The number of amides is 2. The number of aliphatic imine (C=N–C) groups is 1. The van der Waals surface area contributed by atoms with Crippen LogP contribution in [0.5, 0.6) is 11.5 Å². The largest absolute Gasteiger partial charge is 0.493 e. The highest BCUT2D eigenvalue weighted by Gasteiger charge is 2.38. The molecule has 1 heterocycles. The van der Waals surface area contributed by atoms with Crippen molar-refractivity contribution in [3.63, 3.8) is 0 Å². The average molecular weight is 446 g/mol. The van der Waals surface area contributed by atoms with Gasteiger partial charge in [0.1, 0.15) is 11.1 Å². The number of carbonyl (C=O) groups is 2. The van der Waals surface area contributed by atoms with Crippen LogP contribution in [0.2, 0.25) is 0 Å². The molecule has 9 heteroatoms. The van der Waals surface area contributed by atoms with Crippen LogP contribution < -0.4 is 14.8 Å². The second-order valence-corrected chi connectivity index (χ2v) is 7.95. The van der Waals surface area contributed by atoms with Crippen LogP contribution in [0.25, 0.3) is 0 Å². The molecule has 31 heavy (non-hydrogen) atoms. The maximum absolute atomic E-state index is 13.2. The van der Waals surface area contributed by atoms with Crippen molar-refractivity contribution < 1.29 is 23.5 Å². The predicted octanol–water partition coefficient (Wildman–Crippen LogP) is 3.15. The highest BCUT2D eigenvalue weighted by atomic mass is 32.2. The van der Waals surface area contributed by atoms with Crippen molar-refractivity contribution in [3.05, 3.63) is 53.8 Å². The van der Waals surface area contributed by atoms with Gasteiger partial charge in [0.15, 0.2) is 16.7 Å². The van der Waals surface area contributed by atoms with Crippen molar-refractivity contribution in [2.24, 2.45) is 4.99 Å². The van der Waals surface area contributed by atoms with Crippen molar-refractivity contribution in [1.82, 2.24) is 10.2 Å². The fourth-order valence-corrected chi connectivity index (χ4v) is 4.29. The quantitative estimate of drug-likeness (QED) is 0.675. The standard InChI is InChI=1S/C22H24FN3O4S/c1-24-20(27)13-19-21(28)26(22(31-19)25-16-7-5-15(23)6-8-16)11-10-14-4-9-17(29-2)18(12-14)30-3/h4-9,12,19H,10-11,13H2,1-3H3,(H,24,27)/t19-/m0/s1. The van der Waals surface area contributed by atoms with Crippen molar-refractivity contribution in [3.8, 4) is 11.5 Å². The Kier molecular flexibility index (Phi) is 7.51. The number of nitrogens with one attached hydrogen (secondary N) is 1. The van der Waals surface area contributed by atoms with Crippen LogP contribution in [0.3, 0.4) is 0 Å². The molecule has 1 saturated heterocycles. The Bertz CT molecular complexity index is 981. The minimum atomic E-state index is -0.551. The summed E-state index contributed by atoms with van der Waals surface area (Å²) >= 11 is 1.25. The summed E-state index contributed by atoms with van der Waals surface area (Å²) in [4.78, 5) is 30.9. The van der Waals surface area contributed by atoms with Crippen LogP contribution in [-0.4, -0.2) is 54.9 Å². The van der Waals surface area contributed by atoms with Crippen molar-refractivity contribution >= 4 is 34.4 Å². The number of carbonyl (C=O) groups excluding carboxylic acids is 2. The number of nitrogens with zero attached hydrogens (tertiary/aromatic N) is 2. The van der Waals surface area contributed by atoms with E-state index in [9.17, 15) is 14.0 Å². The van der Waals surface area contributed by atoms with Crippen LogP contribution in [0.15, 0.2) is 47.5 Å². The summed E-state index contributed by atoms with van der Waals surface area (Å²) in [7, 11) is 4.68. The molecule has 3 rings (SSSR count). The lowest BCUT2D eigenvalue weighted by Gasteiger charge is -2.17. The number of thioether (sulfide) groups is 1. The molecule has 1 fully saturated rings. The van der Waals surface area contributed by atoms with E-state index in [0.29, 0.717) is 35.3 Å². The van der Waals surface area contributed by atoms with Crippen LogP contribution in [0.1, 0.15) is 12.0 Å². The molecule has 0 aromatic heterocycles. The van der Waals surface area contributed by atoms with Gasteiger partial charge >= 0.3 is 0 Å². The van der Waals surface area contributed by atoms with Crippen molar-refractivity contribution in [1.29, 1.82) is 0 Å². The summed E-state index contributed by atoms with van der Waals surface area (Å²) in [6, 6.07) is 11.3. The molecule has 0 aliphatic carbocycles. The Morgan fingerprint density at radius 3 is 2.52 bits per heavy atom. The minimum Gasteiger partial charge on any atom is -0.493 e.